The summed E-state index contributed by atoms with van der Waals surface area (Å²) < 4.78 is 12.7. The Morgan fingerprint density at radius 3 is 3.00 bits per heavy atom. The highest BCUT2D eigenvalue weighted by Gasteiger charge is 2.13. The second-order valence-corrected chi connectivity index (χ2v) is 4.17. The maximum absolute atomic E-state index is 5.63. The van der Waals surface area contributed by atoms with Crippen molar-refractivity contribution < 1.29 is 9.47 Å². The molecule has 1 aliphatic rings. The highest BCUT2D eigenvalue weighted by atomic mass is 16.5. The number of nitrogen functional groups attached to an aromatic ring is 1. The molecule has 2 rings (SSSR count). The molecule has 2 N–H and O–H groups in total. The minimum absolute atomic E-state index is 0.663. The van der Waals surface area contributed by atoms with Crippen LogP contribution in [0.15, 0.2) is 12.4 Å². The van der Waals surface area contributed by atoms with Crippen LogP contribution in [-0.4, -0.2) is 36.2 Å². The maximum Gasteiger partial charge on any atom is 0.0719 e. The van der Waals surface area contributed by atoms with Gasteiger partial charge in [-0.3, -0.25) is 4.68 Å². The molecule has 0 saturated carbocycles. The molecule has 90 valence electrons. The quantitative estimate of drug-likeness (QED) is 0.756. The van der Waals surface area contributed by atoms with Crippen LogP contribution < -0.4 is 5.73 Å². The fourth-order valence-corrected chi connectivity index (χ4v) is 1.82. The average Bonchev–Trinajstić information content (AvgIpc) is 2.72. The largest absolute Gasteiger partial charge is 0.396 e. The van der Waals surface area contributed by atoms with Gasteiger partial charge < -0.3 is 15.2 Å². The molecular weight excluding hydrogens is 206 g/mol. The predicted octanol–water partition coefficient (Wildman–Crippen LogP) is 0.908. The summed E-state index contributed by atoms with van der Waals surface area (Å²) in [6.07, 6.45) is 5.71. The summed E-state index contributed by atoms with van der Waals surface area (Å²) in [5.74, 6) is 0.663. The van der Waals surface area contributed by atoms with Gasteiger partial charge in [-0.15, -0.1) is 0 Å². The molecule has 0 amide bonds. The fraction of sp³-hybridized carbons (Fsp3) is 0.727. The van der Waals surface area contributed by atoms with Gasteiger partial charge in [-0.05, 0) is 18.8 Å². The summed E-state index contributed by atoms with van der Waals surface area (Å²) in [5.41, 5.74) is 6.26. The smallest absolute Gasteiger partial charge is 0.0719 e. The zero-order valence-corrected chi connectivity index (χ0v) is 9.47. The van der Waals surface area contributed by atoms with Crippen molar-refractivity contribution in [2.75, 3.05) is 32.2 Å². The molecule has 0 aromatic carbocycles. The van der Waals surface area contributed by atoms with E-state index in [0.29, 0.717) is 18.2 Å². The van der Waals surface area contributed by atoms with Gasteiger partial charge in [0.15, 0.2) is 0 Å². The lowest BCUT2D eigenvalue weighted by Gasteiger charge is -2.21. The summed E-state index contributed by atoms with van der Waals surface area (Å²) in [6.45, 7) is 4.05. The van der Waals surface area contributed by atoms with E-state index in [0.717, 1.165) is 39.2 Å². The molecule has 5 nitrogen and oxygen atoms in total. The second kappa shape index (κ2) is 5.86. The third-order valence-electron chi connectivity index (χ3n) is 2.81. The minimum atomic E-state index is 0.663. The average molecular weight is 225 g/mol. The van der Waals surface area contributed by atoms with Gasteiger partial charge in [-0.25, -0.2) is 0 Å². The number of hydrogen-bond acceptors (Lipinski definition) is 4. The molecule has 0 atom stereocenters. The molecule has 1 aromatic heterocycles. The molecule has 0 bridgehead atoms. The summed E-state index contributed by atoms with van der Waals surface area (Å²) in [4.78, 5) is 0. The Labute approximate surface area is 95.5 Å². The number of nitrogens with zero attached hydrogens (tertiary/aromatic N) is 2. The summed E-state index contributed by atoms with van der Waals surface area (Å²) in [7, 11) is 0. The number of nitrogens with two attached hydrogens (primary N) is 1. The lowest BCUT2D eigenvalue weighted by Crippen LogP contribution is -2.21. The van der Waals surface area contributed by atoms with E-state index in [2.05, 4.69) is 5.10 Å². The lowest BCUT2D eigenvalue weighted by molar-refractivity contribution is 0.0184. The molecule has 0 radical (unpaired) electrons. The fourth-order valence-electron chi connectivity index (χ4n) is 1.82. The Hall–Kier alpha value is -1.07. The molecule has 2 heterocycles. The first-order chi connectivity index (χ1) is 7.84. The van der Waals surface area contributed by atoms with Gasteiger partial charge in [0.2, 0.25) is 0 Å². The van der Waals surface area contributed by atoms with E-state index in [1.54, 1.807) is 10.9 Å². The summed E-state index contributed by atoms with van der Waals surface area (Å²) >= 11 is 0. The van der Waals surface area contributed by atoms with Gasteiger partial charge in [0.1, 0.15) is 0 Å². The van der Waals surface area contributed by atoms with E-state index < -0.39 is 0 Å². The highest BCUT2D eigenvalue weighted by Crippen LogP contribution is 2.14. The van der Waals surface area contributed by atoms with Crippen LogP contribution in [0.5, 0.6) is 0 Å². The van der Waals surface area contributed by atoms with Gasteiger partial charge in [0, 0.05) is 26.0 Å². The zero-order chi connectivity index (χ0) is 11.2. The van der Waals surface area contributed by atoms with Crippen LogP contribution in [0.2, 0.25) is 0 Å². The van der Waals surface area contributed by atoms with Crippen LogP contribution in [0.1, 0.15) is 12.8 Å². The Morgan fingerprint density at radius 2 is 2.31 bits per heavy atom. The Morgan fingerprint density at radius 1 is 1.50 bits per heavy atom. The molecule has 0 aliphatic carbocycles. The Kier molecular flexibility index (Phi) is 4.18. The number of ether oxygens (including phenoxy) is 2. The Balaban J connectivity index is 1.57. The SMILES string of the molecule is Nc1cnn(CCOCC2CCOCC2)c1. The first kappa shape index (κ1) is 11.4. The molecule has 5 heteroatoms. The van der Waals surface area contributed by atoms with Crippen molar-refractivity contribution in [2.24, 2.45) is 5.92 Å². The van der Waals surface area contributed by atoms with Crippen LogP contribution in [0, 0.1) is 5.92 Å². The van der Waals surface area contributed by atoms with E-state index in [-0.39, 0.29) is 0 Å². The van der Waals surface area contributed by atoms with Gasteiger partial charge >= 0.3 is 0 Å². The third-order valence-corrected chi connectivity index (χ3v) is 2.81. The van der Waals surface area contributed by atoms with E-state index in [9.17, 15) is 0 Å². The van der Waals surface area contributed by atoms with E-state index in [4.69, 9.17) is 15.2 Å². The molecule has 1 aromatic rings. The lowest BCUT2D eigenvalue weighted by atomic mass is 10.0. The first-order valence-electron chi connectivity index (χ1n) is 5.78. The van der Waals surface area contributed by atoms with Crippen LogP contribution in [0.4, 0.5) is 5.69 Å². The van der Waals surface area contributed by atoms with Crippen LogP contribution >= 0.6 is 0 Å². The minimum Gasteiger partial charge on any atom is -0.396 e. The number of anilines is 1. The zero-order valence-electron chi connectivity index (χ0n) is 9.47. The molecule has 1 aliphatic heterocycles. The first-order valence-corrected chi connectivity index (χ1v) is 5.78. The standard InChI is InChI=1S/C11H19N3O2/c12-11-7-13-14(8-11)3-6-16-9-10-1-4-15-5-2-10/h7-8,10H,1-6,9,12H2. The molecule has 0 unspecified atom stereocenters. The monoisotopic (exact) mass is 225 g/mol. The molecular formula is C11H19N3O2. The van der Waals surface area contributed by atoms with E-state index in [1.165, 1.54) is 0 Å². The van der Waals surface area contributed by atoms with Crippen molar-refractivity contribution in [1.82, 2.24) is 9.78 Å². The molecule has 16 heavy (non-hydrogen) atoms. The van der Waals surface area contributed by atoms with Crippen molar-refractivity contribution in [2.45, 2.75) is 19.4 Å². The summed E-state index contributed by atoms with van der Waals surface area (Å²) in [5, 5.41) is 4.09. The maximum atomic E-state index is 5.63. The van der Waals surface area contributed by atoms with Crippen molar-refractivity contribution in [3.63, 3.8) is 0 Å². The number of rotatable bonds is 5. The van der Waals surface area contributed by atoms with Crippen molar-refractivity contribution >= 4 is 5.69 Å². The highest BCUT2D eigenvalue weighted by molar-refractivity contribution is 5.30. The van der Waals surface area contributed by atoms with Crippen molar-refractivity contribution in [3.05, 3.63) is 12.4 Å². The van der Waals surface area contributed by atoms with Crippen LogP contribution in [-0.2, 0) is 16.0 Å². The normalized spacial score (nSPS) is 17.8. The van der Waals surface area contributed by atoms with E-state index in [1.807, 2.05) is 6.20 Å². The van der Waals surface area contributed by atoms with E-state index >= 15 is 0 Å². The molecule has 1 fully saturated rings. The predicted molar refractivity (Wildman–Crippen MR) is 61.0 cm³/mol. The van der Waals surface area contributed by atoms with Crippen LogP contribution in [0.3, 0.4) is 0 Å². The van der Waals surface area contributed by atoms with Crippen LogP contribution in [0.25, 0.3) is 0 Å². The van der Waals surface area contributed by atoms with Gasteiger partial charge in [-0.1, -0.05) is 0 Å². The Bertz CT molecular complexity index is 308. The second-order valence-electron chi connectivity index (χ2n) is 4.17. The summed E-state index contributed by atoms with van der Waals surface area (Å²) in [6, 6.07) is 0. The van der Waals surface area contributed by atoms with Crippen molar-refractivity contribution in [1.29, 1.82) is 0 Å². The third kappa shape index (κ3) is 3.50. The van der Waals surface area contributed by atoms with Gasteiger partial charge in [0.05, 0.1) is 25.0 Å². The van der Waals surface area contributed by atoms with Gasteiger partial charge in [0.25, 0.3) is 0 Å². The molecule has 0 spiro atoms. The van der Waals surface area contributed by atoms with Gasteiger partial charge in [-0.2, -0.15) is 5.10 Å². The number of hydrogen-bond donors (Lipinski definition) is 1. The topological polar surface area (TPSA) is 62.3 Å². The van der Waals surface area contributed by atoms with Crippen molar-refractivity contribution in [3.8, 4) is 0 Å². The number of aromatic nitrogens is 2. The molecule has 1 saturated heterocycles.